The lowest BCUT2D eigenvalue weighted by atomic mass is 10.3. The first-order valence-electron chi connectivity index (χ1n) is 7.16. The van der Waals surface area contributed by atoms with Crippen LogP contribution in [0.3, 0.4) is 0 Å². The molecule has 0 spiro atoms. The monoisotopic (exact) mass is 312 g/mol. The van der Waals surface area contributed by atoms with Crippen molar-refractivity contribution in [1.29, 1.82) is 0 Å². The molecule has 6 heteroatoms. The van der Waals surface area contributed by atoms with E-state index in [1.165, 1.54) is 0 Å². The fraction of sp³-hybridized carbons (Fsp3) is 0.533. The number of rotatable bonds is 6. The summed E-state index contributed by atoms with van der Waals surface area (Å²) in [6.45, 7) is 6.51. The molecule has 21 heavy (non-hydrogen) atoms. The largest absolute Gasteiger partial charge is 0.479 e. The molecule has 1 saturated heterocycles. The number of hydrogen-bond acceptors (Lipinski definition) is 4. The summed E-state index contributed by atoms with van der Waals surface area (Å²) < 4.78 is 10.9. The Morgan fingerprint density at radius 1 is 1.43 bits per heavy atom. The predicted octanol–water partition coefficient (Wildman–Crippen LogP) is 1.56. The van der Waals surface area contributed by atoms with E-state index in [-0.39, 0.29) is 5.91 Å². The fourth-order valence-corrected chi connectivity index (χ4v) is 2.27. The molecule has 0 saturated carbocycles. The molecule has 116 valence electrons. The molecule has 0 aromatic heterocycles. The molecular formula is C15H21ClN2O3. The Hall–Kier alpha value is -1.30. The Bertz CT molecular complexity index is 464. The predicted molar refractivity (Wildman–Crippen MR) is 81.8 cm³/mol. The summed E-state index contributed by atoms with van der Waals surface area (Å²) in [5, 5.41) is 3.38. The van der Waals surface area contributed by atoms with Gasteiger partial charge in [0, 0.05) is 26.2 Å². The number of carbonyl (C=O) groups excluding carboxylic acids is 1. The molecule has 1 N–H and O–H groups in total. The highest BCUT2D eigenvalue weighted by Gasteiger charge is 2.16. The standard InChI is InChI=1S/C15H21ClN2O3/c1-12(21-14-5-3-2-4-13(14)16)15(19)17-6-7-18-8-10-20-11-9-18/h2-5,12H,6-11H2,1H3,(H,17,19)/t12-/m1/s1. The molecule has 0 aliphatic carbocycles. The molecule has 2 rings (SSSR count). The Morgan fingerprint density at radius 2 is 2.14 bits per heavy atom. The second kappa shape index (κ2) is 8.22. The quantitative estimate of drug-likeness (QED) is 0.866. The number of ether oxygens (including phenoxy) is 2. The van der Waals surface area contributed by atoms with Crippen molar-refractivity contribution >= 4 is 17.5 Å². The molecule has 1 atom stereocenters. The molecule has 0 bridgehead atoms. The van der Waals surface area contributed by atoms with Gasteiger partial charge in [-0.15, -0.1) is 0 Å². The maximum absolute atomic E-state index is 12.0. The van der Waals surface area contributed by atoms with Gasteiger partial charge in [0.25, 0.3) is 5.91 Å². The second-order valence-electron chi connectivity index (χ2n) is 4.94. The van der Waals surface area contributed by atoms with Gasteiger partial charge in [0.05, 0.1) is 18.2 Å². The smallest absolute Gasteiger partial charge is 0.260 e. The van der Waals surface area contributed by atoms with Crippen molar-refractivity contribution in [3.8, 4) is 5.75 Å². The summed E-state index contributed by atoms with van der Waals surface area (Å²) >= 11 is 6.00. The maximum atomic E-state index is 12.0. The third-order valence-electron chi connectivity index (χ3n) is 3.34. The summed E-state index contributed by atoms with van der Waals surface area (Å²) in [4.78, 5) is 14.2. The van der Waals surface area contributed by atoms with Gasteiger partial charge in [0.1, 0.15) is 5.75 Å². The molecule has 1 heterocycles. The first kappa shape index (κ1) is 16.1. The summed E-state index contributed by atoms with van der Waals surface area (Å²) in [6, 6.07) is 7.13. The van der Waals surface area contributed by atoms with Crippen molar-refractivity contribution in [3.05, 3.63) is 29.3 Å². The number of para-hydroxylation sites is 1. The number of nitrogens with zero attached hydrogens (tertiary/aromatic N) is 1. The third kappa shape index (κ3) is 5.19. The molecule has 1 aromatic carbocycles. The maximum Gasteiger partial charge on any atom is 0.260 e. The van der Waals surface area contributed by atoms with E-state index < -0.39 is 6.10 Å². The van der Waals surface area contributed by atoms with Crippen LogP contribution >= 0.6 is 11.6 Å². The van der Waals surface area contributed by atoms with Crippen molar-refractivity contribution < 1.29 is 14.3 Å². The van der Waals surface area contributed by atoms with E-state index in [1.54, 1.807) is 19.1 Å². The normalized spacial score (nSPS) is 17.2. The van der Waals surface area contributed by atoms with E-state index in [1.807, 2.05) is 12.1 Å². The number of halogens is 1. The van der Waals surface area contributed by atoms with Gasteiger partial charge in [-0.2, -0.15) is 0 Å². The van der Waals surface area contributed by atoms with E-state index in [0.29, 0.717) is 17.3 Å². The zero-order valence-corrected chi connectivity index (χ0v) is 12.9. The van der Waals surface area contributed by atoms with Crippen molar-refractivity contribution in [2.75, 3.05) is 39.4 Å². The number of hydrogen-bond donors (Lipinski definition) is 1. The van der Waals surface area contributed by atoms with Crippen LogP contribution in [0, 0.1) is 0 Å². The Morgan fingerprint density at radius 3 is 2.86 bits per heavy atom. The van der Waals surface area contributed by atoms with Gasteiger partial charge >= 0.3 is 0 Å². The summed E-state index contributed by atoms with van der Waals surface area (Å²) in [5.74, 6) is 0.387. The zero-order chi connectivity index (χ0) is 15.1. The Kier molecular flexibility index (Phi) is 6.29. The lowest BCUT2D eigenvalue weighted by molar-refractivity contribution is -0.127. The van der Waals surface area contributed by atoms with Crippen LogP contribution in [0.4, 0.5) is 0 Å². The molecule has 1 aromatic rings. The van der Waals surface area contributed by atoms with Crippen LogP contribution in [-0.4, -0.2) is 56.3 Å². The molecule has 1 amide bonds. The van der Waals surface area contributed by atoms with Crippen molar-refractivity contribution in [1.82, 2.24) is 10.2 Å². The molecule has 0 unspecified atom stereocenters. The van der Waals surface area contributed by atoms with Crippen molar-refractivity contribution in [3.63, 3.8) is 0 Å². The first-order valence-corrected chi connectivity index (χ1v) is 7.53. The van der Waals surface area contributed by atoms with E-state index in [2.05, 4.69) is 10.2 Å². The van der Waals surface area contributed by atoms with E-state index in [4.69, 9.17) is 21.1 Å². The molecule has 1 fully saturated rings. The lowest BCUT2D eigenvalue weighted by Crippen LogP contribution is -2.43. The number of benzene rings is 1. The van der Waals surface area contributed by atoms with E-state index >= 15 is 0 Å². The average Bonchev–Trinajstić information content (AvgIpc) is 2.50. The highest BCUT2D eigenvalue weighted by atomic mass is 35.5. The van der Waals surface area contributed by atoms with Gasteiger partial charge in [-0.05, 0) is 19.1 Å². The van der Waals surface area contributed by atoms with Crippen LogP contribution in [-0.2, 0) is 9.53 Å². The minimum atomic E-state index is -0.574. The van der Waals surface area contributed by atoms with Gasteiger partial charge in [-0.1, -0.05) is 23.7 Å². The van der Waals surface area contributed by atoms with Crippen LogP contribution < -0.4 is 10.1 Å². The van der Waals surface area contributed by atoms with Crippen LogP contribution in [0.25, 0.3) is 0 Å². The third-order valence-corrected chi connectivity index (χ3v) is 3.65. The van der Waals surface area contributed by atoms with Crippen LogP contribution in [0.2, 0.25) is 5.02 Å². The van der Waals surface area contributed by atoms with Gasteiger partial charge in [0.2, 0.25) is 0 Å². The van der Waals surface area contributed by atoms with Crippen LogP contribution in [0.5, 0.6) is 5.75 Å². The molecular weight excluding hydrogens is 292 g/mol. The summed E-state index contributed by atoms with van der Waals surface area (Å²) in [7, 11) is 0. The molecule has 0 radical (unpaired) electrons. The minimum absolute atomic E-state index is 0.136. The number of morpholine rings is 1. The van der Waals surface area contributed by atoms with Crippen LogP contribution in [0.15, 0.2) is 24.3 Å². The van der Waals surface area contributed by atoms with Crippen LogP contribution in [0.1, 0.15) is 6.92 Å². The van der Waals surface area contributed by atoms with Crippen molar-refractivity contribution in [2.24, 2.45) is 0 Å². The van der Waals surface area contributed by atoms with E-state index in [0.717, 1.165) is 32.8 Å². The molecule has 5 nitrogen and oxygen atoms in total. The van der Waals surface area contributed by atoms with Gasteiger partial charge < -0.3 is 14.8 Å². The molecule has 1 aliphatic rings. The SMILES string of the molecule is C[C@@H](Oc1ccccc1Cl)C(=O)NCCN1CCOCC1. The summed E-state index contributed by atoms with van der Waals surface area (Å²) in [5.41, 5.74) is 0. The fourth-order valence-electron chi connectivity index (χ4n) is 2.09. The van der Waals surface area contributed by atoms with Gasteiger partial charge in [0.15, 0.2) is 6.10 Å². The molecule has 1 aliphatic heterocycles. The average molecular weight is 313 g/mol. The minimum Gasteiger partial charge on any atom is -0.479 e. The number of carbonyl (C=O) groups is 1. The first-order chi connectivity index (χ1) is 10.2. The number of nitrogens with one attached hydrogen (secondary N) is 1. The topological polar surface area (TPSA) is 50.8 Å². The van der Waals surface area contributed by atoms with Crippen molar-refractivity contribution in [2.45, 2.75) is 13.0 Å². The summed E-state index contributed by atoms with van der Waals surface area (Å²) in [6.07, 6.45) is -0.574. The van der Waals surface area contributed by atoms with E-state index in [9.17, 15) is 4.79 Å². The Balaban J connectivity index is 1.71. The highest BCUT2D eigenvalue weighted by Crippen LogP contribution is 2.24. The second-order valence-corrected chi connectivity index (χ2v) is 5.34. The number of amides is 1. The van der Waals surface area contributed by atoms with Gasteiger partial charge in [-0.3, -0.25) is 9.69 Å². The Labute approximate surface area is 130 Å². The highest BCUT2D eigenvalue weighted by molar-refractivity contribution is 6.32. The zero-order valence-electron chi connectivity index (χ0n) is 12.2. The van der Waals surface area contributed by atoms with Gasteiger partial charge in [-0.25, -0.2) is 0 Å². The lowest BCUT2D eigenvalue weighted by Gasteiger charge is -2.26.